The van der Waals surface area contributed by atoms with Crippen LogP contribution >= 0.6 is 0 Å². The van der Waals surface area contributed by atoms with Gasteiger partial charge in [-0.2, -0.15) is 0 Å². The molecule has 0 atom stereocenters. The van der Waals surface area contributed by atoms with E-state index >= 15 is 0 Å². The summed E-state index contributed by atoms with van der Waals surface area (Å²) in [5.74, 6) is 6.67. The third-order valence-corrected chi connectivity index (χ3v) is 6.04. The van der Waals surface area contributed by atoms with Gasteiger partial charge in [0.1, 0.15) is 11.6 Å². The molecule has 4 aliphatic rings. The monoisotopic (exact) mass is 271 g/mol. The van der Waals surface area contributed by atoms with Crippen LogP contribution in [0.3, 0.4) is 0 Å². The van der Waals surface area contributed by atoms with Crippen LogP contribution in [0.15, 0.2) is 6.07 Å². The Morgan fingerprint density at radius 3 is 2.30 bits per heavy atom. The van der Waals surface area contributed by atoms with Crippen molar-refractivity contribution in [3.8, 4) is 0 Å². The summed E-state index contributed by atoms with van der Waals surface area (Å²) in [6.07, 6.45) is 9.86. The molecule has 1 aromatic heterocycles. The van der Waals surface area contributed by atoms with Gasteiger partial charge in [-0.1, -0.05) is 0 Å². The van der Waals surface area contributed by atoms with Gasteiger partial charge in [0.05, 0.1) is 0 Å². The van der Waals surface area contributed by atoms with E-state index in [0.29, 0.717) is 5.82 Å². The smallest absolute Gasteiger partial charge is 0.130 e. The molecule has 0 radical (unpaired) electrons. The highest BCUT2D eigenvalue weighted by Gasteiger charge is 2.47. The van der Waals surface area contributed by atoms with Crippen molar-refractivity contribution in [2.24, 2.45) is 29.6 Å². The molecule has 0 unspecified atom stereocenters. The largest absolute Gasteiger partial charge is 0.384 e. The lowest BCUT2D eigenvalue weighted by molar-refractivity contribution is -0.0395. The number of nitrogens with two attached hydrogens (primary N) is 1. The molecule has 1 heterocycles. The summed E-state index contributed by atoms with van der Waals surface area (Å²) >= 11 is 0. The summed E-state index contributed by atoms with van der Waals surface area (Å²) < 4.78 is 0. The van der Waals surface area contributed by atoms with Crippen LogP contribution in [0, 0.1) is 36.5 Å². The van der Waals surface area contributed by atoms with Gasteiger partial charge in [0.2, 0.25) is 0 Å². The van der Waals surface area contributed by atoms with E-state index in [1.54, 1.807) is 0 Å². The van der Waals surface area contributed by atoms with Crippen LogP contribution in [-0.2, 0) is 6.42 Å². The number of nitrogens with zero attached hydrogens (tertiary/aromatic N) is 2. The number of hydrogen-bond acceptors (Lipinski definition) is 3. The summed E-state index contributed by atoms with van der Waals surface area (Å²) in [6.45, 7) is 2.00. The van der Waals surface area contributed by atoms with Gasteiger partial charge in [0, 0.05) is 18.2 Å². The Kier molecular flexibility index (Phi) is 2.97. The van der Waals surface area contributed by atoms with E-state index in [2.05, 4.69) is 9.97 Å². The first-order valence-corrected chi connectivity index (χ1v) is 8.27. The lowest BCUT2D eigenvalue weighted by Gasteiger charge is -2.54. The Labute approximate surface area is 121 Å². The van der Waals surface area contributed by atoms with Crippen LogP contribution in [0.5, 0.6) is 0 Å². The SMILES string of the molecule is Cc1cc(N)nc(CCC2C3CC4CC(C3)CC2C4)n1. The van der Waals surface area contributed by atoms with Crippen molar-refractivity contribution in [1.29, 1.82) is 0 Å². The van der Waals surface area contributed by atoms with E-state index in [0.717, 1.165) is 47.5 Å². The van der Waals surface area contributed by atoms with Crippen molar-refractivity contribution in [3.05, 3.63) is 17.6 Å². The Balaban J connectivity index is 1.44. The molecule has 0 saturated heterocycles. The number of rotatable bonds is 3. The van der Waals surface area contributed by atoms with Gasteiger partial charge in [0.15, 0.2) is 0 Å². The third-order valence-electron chi connectivity index (χ3n) is 6.04. The second-order valence-corrected chi connectivity index (χ2v) is 7.48. The highest BCUT2D eigenvalue weighted by Crippen LogP contribution is 2.57. The molecule has 0 amide bonds. The van der Waals surface area contributed by atoms with E-state index < -0.39 is 0 Å². The van der Waals surface area contributed by atoms with E-state index in [1.807, 2.05) is 13.0 Å². The zero-order valence-electron chi connectivity index (χ0n) is 12.4. The van der Waals surface area contributed by atoms with Crippen molar-refractivity contribution < 1.29 is 0 Å². The summed E-state index contributed by atoms with van der Waals surface area (Å²) in [5, 5.41) is 0. The summed E-state index contributed by atoms with van der Waals surface area (Å²) in [6, 6.07) is 1.85. The minimum absolute atomic E-state index is 0.623. The van der Waals surface area contributed by atoms with Gasteiger partial charge >= 0.3 is 0 Å². The summed E-state index contributed by atoms with van der Waals surface area (Å²) in [7, 11) is 0. The van der Waals surface area contributed by atoms with Crippen LogP contribution < -0.4 is 5.73 Å². The normalized spacial score (nSPS) is 38.4. The fourth-order valence-electron chi connectivity index (χ4n) is 5.57. The molecule has 0 aliphatic heterocycles. The zero-order valence-corrected chi connectivity index (χ0v) is 12.4. The second-order valence-electron chi connectivity index (χ2n) is 7.48. The third kappa shape index (κ3) is 2.21. The molecule has 108 valence electrons. The number of aryl methyl sites for hydroxylation is 2. The molecule has 3 nitrogen and oxygen atoms in total. The fourth-order valence-corrected chi connectivity index (χ4v) is 5.57. The lowest BCUT2D eigenvalue weighted by atomic mass is 9.51. The molecular formula is C17H25N3. The van der Waals surface area contributed by atoms with Crippen molar-refractivity contribution in [2.45, 2.75) is 51.9 Å². The number of nitrogen functional groups attached to an aromatic ring is 1. The van der Waals surface area contributed by atoms with Gasteiger partial charge in [0.25, 0.3) is 0 Å². The average Bonchev–Trinajstić information content (AvgIpc) is 2.35. The van der Waals surface area contributed by atoms with E-state index in [-0.39, 0.29) is 0 Å². The van der Waals surface area contributed by atoms with Crippen molar-refractivity contribution in [2.75, 3.05) is 5.73 Å². The number of anilines is 1. The van der Waals surface area contributed by atoms with Crippen LogP contribution in [0.4, 0.5) is 5.82 Å². The maximum absolute atomic E-state index is 5.83. The molecule has 4 fully saturated rings. The minimum Gasteiger partial charge on any atom is -0.384 e. The molecule has 1 aromatic rings. The molecule has 20 heavy (non-hydrogen) atoms. The highest BCUT2D eigenvalue weighted by molar-refractivity contribution is 5.29. The predicted octanol–water partition coefficient (Wildman–Crippen LogP) is 3.37. The van der Waals surface area contributed by atoms with Crippen molar-refractivity contribution in [1.82, 2.24) is 9.97 Å². The van der Waals surface area contributed by atoms with Crippen LogP contribution in [-0.4, -0.2) is 9.97 Å². The lowest BCUT2D eigenvalue weighted by Crippen LogP contribution is -2.45. The standard InChI is InChI=1S/C17H25N3/c1-10-4-16(18)20-17(19-10)3-2-15-13-6-11-5-12(8-13)9-14(15)7-11/h4,11-15H,2-3,5-9H2,1H3,(H2,18,19,20). The van der Waals surface area contributed by atoms with Crippen molar-refractivity contribution in [3.63, 3.8) is 0 Å². The first-order chi connectivity index (χ1) is 9.67. The Morgan fingerprint density at radius 1 is 1.05 bits per heavy atom. The minimum atomic E-state index is 0.623. The van der Waals surface area contributed by atoms with Crippen LogP contribution in [0.2, 0.25) is 0 Å². The number of aromatic nitrogens is 2. The molecule has 2 N–H and O–H groups in total. The van der Waals surface area contributed by atoms with Gasteiger partial charge in [-0.25, -0.2) is 9.97 Å². The number of hydrogen-bond donors (Lipinski definition) is 1. The summed E-state index contributed by atoms with van der Waals surface area (Å²) in [4.78, 5) is 8.95. The Bertz CT molecular complexity index is 463. The van der Waals surface area contributed by atoms with Gasteiger partial charge < -0.3 is 5.73 Å². The van der Waals surface area contributed by atoms with E-state index in [9.17, 15) is 0 Å². The molecule has 0 spiro atoms. The Morgan fingerprint density at radius 2 is 1.70 bits per heavy atom. The average molecular weight is 271 g/mol. The molecule has 5 rings (SSSR count). The summed E-state index contributed by atoms with van der Waals surface area (Å²) in [5.41, 5.74) is 6.83. The van der Waals surface area contributed by atoms with E-state index in [1.165, 1.54) is 38.5 Å². The van der Waals surface area contributed by atoms with Gasteiger partial charge in [-0.3, -0.25) is 0 Å². The molecule has 4 bridgehead atoms. The quantitative estimate of drug-likeness (QED) is 0.917. The van der Waals surface area contributed by atoms with Crippen LogP contribution in [0.25, 0.3) is 0 Å². The van der Waals surface area contributed by atoms with Crippen LogP contribution in [0.1, 0.15) is 50.0 Å². The van der Waals surface area contributed by atoms with Gasteiger partial charge in [-0.15, -0.1) is 0 Å². The molecule has 4 aliphatic carbocycles. The first-order valence-electron chi connectivity index (χ1n) is 8.27. The van der Waals surface area contributed by atoms with Crippen molar-refractivity contribution >= 4 is 5.82 Å². The predicted molar refractivity (Wildman–Crippen MR) is 80.0 cm³/mol. The molecule has 0 aromatic carbocycles. The van der Waals surface area contributed by atoms with Gasteiger partial charge in [-0.05, 0) is 75.0 Å². The first kappa shape index (κ1) is 12.6. The Hall–Kier alpha value is -1.12. The molecule has 3 heteroatoms. The topological polar surface area (TPSA) is 51.8 Å². The fraction of sp³-hybridized carbons (Fsp3) is 0.765. The maximum Gasteiger partial charge on any atom is 0.130 e. The highest BCUT2D eigenvalue weighted by atomic mass is 14.9. The zero-order chi connectivity index (χ0) is 13.7. The molecule has 4 saturated carbocycles. The van der Waals surface area contributed by atoms with E-state index in [4.69, 9.17) is 5.73 Å². The molecular weight excluding hydrogens is 246 g/mol. The second kappa shape index (κ2) is 4.71. The maximum atomic E-state index is 5.83.